The van der Waals surface area contributed by atoms with Crippen molar-refractivity contribution in [2.75, 3.05) is 0 Å². The van der Waals surface area contributed by atoms with E-state index in [0.717, 1.165) is 6.42 Å². The van der Waals surface area contributed by atoms with Gasteiger partial charge in [-0.1, -0.05) is 17.7 Å². The number of thiophene rings is 1. The SMILES string of the molecule is CC1=c2scc(C)c2=C(C)C=CC1. The van der Waals surface area contributed by atoms with Crippen LogP contribution in [0, 0.1) is 6.92 Å². The van der Waals surface area contributed by atoms with Crippen molar-refractivity contribution < 1.29 is 0 Å². The summed E-state index contributed by atoms with van der Waals surface area (Å²) in [5.41, 5.74) is 4.33. The van der Waals surface area contributed by atoms with Crippen LogP contribution < -0.4 is 9.75 Å². The first-order valence-corrected chi connectivity index (χ1v) is 5.49. The molecule has 0 fully saturated rings. The Balaban J connectivity index is 3.00. The van der Waals surface area contributed by atoms with Crippen molar-refractivity contribution in [3.8, 4) is 0 Å². The van der Waals surface area contributed by atoms with Gasteiger partial charge in [0.1, 0.15) is 0 Å². The Bertz CT molecular complexity index is 472. The summed E-state index contributed by atoms with van der Waals surface area (Å²) >= 11 is 1.88. The molecule has 0 saturated heterocycles. The number of aryl methyl sites for hydroxylation is 1. The molecule has 0 unspecified atom stereocenters. The van der Waals surface area contributed by atoms with Crippen molar-refractivity contribution >= 4 is 22.5 Å². The van der Waals surface area contributed by atoms with Crippen molar-refractivity contribution in [1.29, 1.82) is 0 Å². The topological polar surface area (TPSA) is 0 Å². The highest BCUT2D eigenvalue weighted by molar-refractivity contribution is 7.08. The summed E-state index contributed by atoms with van der Waals surface area (Å²) in [6.07, 6.45) is 5.61. The molecule has 0 amide bonds. The summed E-state index contributed by atoms with van der Waals surface area (Å²) < 4.78 is 1.49. The molecule has 0 spiro atoms. The lowest BCUT2D eigenvalue weighted by Gasteiger charge is -1.90. The Labute approximate surface area is 82.9 Å². The highest BCUT2D eigenvalue weighted by atomic mass is 32.1. The van der Waals surface area contributed by atoms with E-state index in [-0.39, 0.29) is 0 Å². The van der Waals surface area contributed by atoms with Crippen LogP contribution in [0.2, 0.25) is 0 Å². The molecule has 0 radical (unpaired) electrons. The van der Waals surface area contributed by atoms with Crippen molar-refractivity contribution in [2.45, 2.75) is 27.2 Å². The molecule has 0 aliphatic heterocycles. The minimum Gasteiger partial charge on any atom is -0.144 e. The third-order valence-electron chi connectivity index (χ3n) is 2.55. The number of rotatable bonds is 0. The van der Waals surface area contributed by atoms with Crippen LogP contribution in [-0.4, -0.2) is 0 Å². The summed E-state index contributed by atoms with van der Waals surface area (Å²) in [5, 5.41) is 3.73. The van der Waals surface area contributed by atoms with E-state index in [1.54, 1.807) is 0 Å². The van der Waals surface area contributed by atoms with Crippen LogP contribution in [0.5, 0.6) is 0 Å². The molecular formula is C12H14S. The quantitative estimate of drug-likeness (QED) is 0.589. The normalized spacial score (nSPS) is 15.9. The first-order valence-electron chi connectivity index (χ1n) is 4.61. The zero-order chi connectivity index (χ0) is 9.42. The standard InChI is InChI=1S/C12H14S/c1-8-5-4-6-9(2)12-11(8)10(3)7-13-12/h4-5,7H,6H2,1-3H3. The Morgan fingerprint density at radius 2 is 2.00 bits per heavy atom. The van der Waals surface area contributed by atoms with Gasteiger partial charge in [-0.15, -0.1) is 11.3 Å². The molecule has 1 heteroatoms. The number of hydrogen-bond donors (Lipinski definition) is 0. The molecule has 68 valence electrons. The monoisotopic (exact) mass is 190 g/mol. The number of allylic oxidation sites excluding steroid dienone is 2. The first-order chi connectivity index (χ1) is 6.20. The van der Waals surface area contributed by atoms with Crippen LogP contribution in [0.3, 0.4) is 0 Å². The summed E-state index contributed by atoms with van der Waals surface area (Å²) in [4.78, 5) is 0. The molecule has 13 heavy (non-hydrogen) atoms. The average molecular weight is 190 g/mol. The molecule has 1 heterocycles. The van der Waals surface area contributed by atoms with Crippen LogP contribution in [-0.2, 0) is 0 Å². The van der Waals surface area contributed by atoms with Gasteiger partial charge in [-0.05, 0) is 48.9 Å². The Morgan fingerprint density at radius 3 is 2.77 bits per heavy atom. The van der Waals surface area contributed by atoms with Crippen LogP contribution >= 0.6 is 11.3 Å². The van der Waals surface area contributed by atoms with Gasteiger partial charge in [-0.2, -0.15) is 0 Å². The average Bonchev–Trinajstić information content (AvgIpc) is 2.40. The van der Waals surface area contributed by atoms with Gasteiger partial charge in [0.25, 0.3) is 0 Å². The first kappa shape index (κ1) is 8.76. The molecule has 2 rings (SSSR count). The van der Waals surface area contributed by atoms with Gasteiger partial charge >= 0.3 is 0 Å². The molecule has 0 N–H and O–H groups in total. The van der Waals surface area contributed by atoms with Crippen LogP contribution in [0.4, 0.5) is 0 Å². The lowest BCUT2D eigenvalue weighted by Crippen LogP contribution is -2.23. The molecule has 1 aromatic heterocycles. The maximum Gasteiger partial charge on any atom is 0.0340 e. The number of hydrogen-bond acceptors (Lipinski definition) is 1. The zero-order valence-electron chi connectivity index (χ0n) is 8.35. The largest absolute Gasteiger partial charge is 0.144 e. The fourth-order valence-corrected chi connectivity index (χ4v) is 2.97. The van der Waals surface area contributed by atoms with Crippen molar-refractivity contribution in [3.63, 3.8) is 0 Å². The predicted molar refractivity (Wildman–Crippen MR) is 60.2 cm³/mol. The smallest absolute Gasteiger partial charge is 0.0340 e. The van der Waals surface area contributed by atoms with Crippen LogP contribution in [0.1, 0.15) is 25.8 Å². The van der Waals surface area contributed by atoms with E-state index in [0.29, 0.717) is 0 Å². The second-order valence-corrected chi connectivity index (χ2v) is 4.57. The Morgan fingerprint density at radius 1 is 1.23 bits per heavy atom. The fraction of sp³-hybridized carbons (Fsp3) is 0.333. The molecule has 0 nitrogen and oxygen atoms in total. The van der Waals surface area contributed by atoms with Crippen LogP contribution in [0.25, 0.3) is 11.1 Å². The van der Waals surface area contributed by atoms with Crippen molar-refractivity contribution in [2.24, 2.45) is 0 Å². The lowest BCUT2D eigenvalue weighted by atomic mass is 10.1. The highest BCUT2D eigenvalue weighted by Crippen LogP contribution is 2.08. The van der Waals surface area contributed by atoms with Crippen LogP contribution in [0.15, 0.2) is 17.5 Å². The van der Waals surface area contributed by atoms with Crippen molar-refractivity contribution in [1.82, 2.24) is 0 Å². The molecule has 0 atom stereocenters. The summed E-state index contributed by atoms with van der Waals surface area (Å²) in [6, 6.07) is 0. The van der Waals surface area contributed by atoms with Gasteiger partial charge in [0.05, 0.1) is 0 Å². The van der Waals surface area contributed by atoms with Gasteiger partial charge in [0.15, 0.2) is 0 Å². The molecule has 1 aliphatic rings. The molecule has 1 aromatic rings. The Kier molecular flexibility index (Phi) is 2.12. The third kappa shape index (κ3) is 1.37. The fourth-order valence-electron chi connectivity index (χ4n) is 1.84. The number of fused-ring (bicyclic) bond motifs is 1. The second kappa shape index (κ2) is 3.15. The maximum atomic E-state index is 2.26. The van der Waals surface area contributed by atoms with Gasteiger partial charge in [0, 0.05) is 4.53 Å². The lowest BCUT2D eigenvalue weighted by molar-refractivity contribution is 1.36. The van der Waals surface area contributed by atoms with E-state index < -0.39 is 0 Å². The van der Waals surface area contributed by atoms with E-state index in [1.165, 1.54) is 26.5 Å². The molecule has 1 aliphatic carbocycles. The molecule has 0 saturated carbocycles. The summed E-state index contributed by atoms with van der Waals surface area (Å²) in [6.45, 7) is 6.64. The Hall–Kier alpha value is -0.820. The van der Waals surface area contributed by atoms with E-state index in [2.05, 4.69) is 38.3 Å². The zero-order valence-corrected chi connectivity index (χ0v) is 9.16. The van der Waals surface area contributed by atoms with E-state index in [1.807, 2.05) is 11.3 Å². The summed E-state index contributed by atoms with van der Waals surface area (Å²) in [5.74, 6) is 0. The van der Waals surface area contributed by atoms with Gasteiger partial charge in [-0.25, -0.2) is 0 Å². The summed E-state index contributed by atoms with van der Waals surface area (Å²) in [7, 11) is 0. The maximum absolute atomic E-state index is 2.26. The highest BCUT2D eigenvalue weighted by Gasteiger charge is 2.02. The van der Waals surface area contributed by atoms with E-state index in [9.17, 15) is 0 Å². The predicted octanol–water partition coefficient (Wildman–Crippen LogP) is 2.36. The third-order valence-corrected chi connectivity index (χ3v) is 3.81. The minimum absolute atomic E-state index is 1.10. The molecule has 0 bridgehead atoms. The molecular weight excluding hydrogens is 176 g/mol. The molecule has 0 aromatic carbocycles. The van der Waals surface area contributed by atoms with E-state index >= 15 is 0 Å². The van der Waals surface area contributed by atoms with Crippen molar-refractivity contribution in [3.05, 3.63) is 32.8 Å². The van der Waals surface area contributed by atoms with Gasteiger partial charge in [0.2, 0.25) is 0 Å². The van der Waals surface area contributed by atoms with Gasteiger partial charge in [-0.3, -0.25) is 0 Å². The minimum atomic E-state index is 1.10. The van der Waals surface area contributed by atoms with E-state index in [4.69, 9.17) is 0 Å². The van der Waals surface area contributed by atoms with Gasteiger partial charge < -0.3 is 0 Å². The second-order valence-electron chi connectivity index (χ2n) is 3.69.